The lowest BCUT2D eigenvalue weighted by atomic mass is 9.99. The first-order valence-electron chi connectivity index (χ1n) is 12.2. The molecule has 0 radical (unpaired) electrons. The van der Waals surface area contributed by atoms with Crippen LogP contribution in [-0.2, 0) is 14.2 Å². The van der Waals surface area contributed by atoms with Crippen molar-refractivity contribution in [3.63, 3.8) is 0 Å². The van der Waals surface area contributed by atoms with E-state index in [2.05, 4.69) is 0 Å². The van der Waals surface area contributed by atoms with Crippen molar-refractivity contribution in [2.75, 3.05) is 19.8 Å². The Bertz CT molecular complexity index is 1410. The van der Waals surface area contributed by atoms with E-state index in [-0.39, 0.29) is 28.0 Å². The number of aliphatic hydroxyl groups excluding tert-OH is 5. The van der Waals surface area contributed by atoms with Gasteiger partial charge in [0, 0.05) is 12.1 Å². The predicted molar refractivity (Wildman–Crippen MR) is 132 cm³/mol. The van der Waals surface area contributed by atoms with Gasteiger partial charge in [-0.15, -0.1) is 0 Å². The van der Waals surface area contributed by atoms with Crippen molar-refractivity contribution < 1.29 is 64.2 Å². The monoisotopic (exact) mass is 564 g/mol. The second-order valence-corrected chi connectivity index (χ2v) is 9.69. The van der Waals surface area contributed by atoms with Gasteiger partial charge in [0.15, 0.2) is 6.29 Å². The highest BCUT2D eigenvalue weighted by atomic mass is 16.7. The first-order valence-corrected chi connectivity index (χ1v) is 12.2. The maximum Gasteiger partial charge on any atom is 0.229 e. The molecule has 1 aromatic heterocycles. The quantitative estimate of drug-likeness (QED) is 0.164. The summed E-state index contributed by atoms with van der Waals surface area (Å²) in [4.78, 5) is 13.1. The van der Waals surface area contributed by atoms with Crippen molar-refractivity contribution in [1.29, 1.82) is 0 Å². The normalized spacial score (nSPS) is 32.4. The fraction of sp³-hybridized carbons (Fsp3) is 0.423. The van der Waals surface area contributed by atoms with E-state index < -0.39 is 79.7 Å². The molecule has 14 heteroatoms. The number of hydrogen-bond donors (Lipinski definition) is 8. The topological polar surface area (TPSA) is 229 Å². The van der Waals surface area contributed by atoms with Gasteiger partial charge >= 0.3 is 0 Å². The van der Waals surface area contributed by atoms with Crippen molar-refractivity contribution in [2.45, 2.75) is 48.7 Å². The van der Waals surface area contributed by atoms with E-state index >= 15 is 0 Å². The summed E-state index contributed by atoms with van der Waals surface area (Å²) >= 11 is 0. The molecule has 0 unspecified atom stereocenters. The van der Waals surface area contributed by atoms with Crippen molar-refractivity contribution >= 4 is 11.0 Å². The number of benzene rings is 2. The van der Waals surface area contributed by atoms with Crippen molar-refractivity contribution in [2.24, 2.45) is 0 Å². The summed E-state index contributed by atoms with van der Waals surface area (Å²) in [5.74, 6) is -0.604. The molecule has 5 rings (SSSR count). The minimum Gasteiger partial charge on any atom is -0.508 e. The van der Waals surface area contributed by atoms with E-state index in [1.54, 1.807) is 0 Å². The molecule has 14 nitrogen and oxygen atoms in total. The Kier molecular flexibility index (Phi) is 7.71. The minimum absolute atomic E-state index is 0.00969. The summed E-state index contributed by atoms with van der Waals surface area (Å²) < 4.78 is 27.2. The number of aliphatic hydroxyl groups is 6. The predicted octanol–water partition coefficient (Wildman–Crippen LogP) is -1.49. The zero-order chi connectivity index (χ0) is 28.8. The molecule has 0 aliphatic carbocycles. The highest BCUT2D eigenvalue weighted by molar-refractivity contribution is 5.88. The molecule has 0 amide bonds. The largest absolute Gasteiger partial charge is 0.508 e. The minimum atomic E-state index is -1.93. The second-order valence-electron chi connectivity index (χ2n) is 9.69. The van der Waals surface area contributed by atoms with Gasteiger partial charge in [0.25, 0.3) is 0 Å². The second kappa shape index (κ2) is 10.9. The molecule has 8 atom stereocenters. The van der Waals surface area contributed by atoms with Gasteiger partial charge in [-0.1, -0.05) is 12.1 Å². The first-order chi connectivity index (χ1) is 19.0. The van der Waals surface area contributed by atoms with E-state index in [1.807, 2.05) is 0 Å². The highest BCUT2D eigenvalue weighted by Gasteiger charge is 2.50. The summed E-state index contributed by atoms with van der Waals surface area (Å²) in [6.45, 7) is -1.67. The Morgan fingerprint density at radius 3 is 2.38 bits per heavy atom. The molecule has 3 heterocycles. The summed E-state index contributed by atoms with van der Waals surface area (Å²) in [7, 11) is 0. The zero-order valence-corrected chi connectivity index (χ0v) is 20.7. The van der Waals surface area contributed by atoms with Gasteiger partial charge in [-0.3, -0.25) is 4.79 Å². The van der Waals surface area contributed by atoms with E-state index in [9.17, 15) is 45.6 Å². The number of ether oxygens (including phenoxy) is 4. The lowest BCUT2D eigenvalue weighted by Gasteiger charge is -2.40. The van der Waals surface area contributed by atoms with Gasteiger partial charge in [0.1, 0.15) is 70.6 Å². The van der Waals surface area contributed by atoms with Crippen LogP contribution in [0, 0.1) is 0 Å². The number of hydrogen-bond acceptors (Lipinski definition) is 14. The van der Waals surface area contributed by atoms with Crippen molar-refractivity contribution in [3.8, 4) is 28.4 Å². The molecule has 2 aliphatic rings. The Morgan fingerprint density at radius 1 is 0.975 bits per heavy atom. The van der Waals surface area contributed by atoms with Gasteiger partial charge in [-0.05, 0) is 17.7 Å². The smallest absolute Gasteiger partial charge is 0.229 e. The Morgan fingerprint density at radius 2 is 1.70 bits per heavy atom. The zero-order valence-electron chi connectivity index (χ0n) is 20.7. The van der Waals surface area contributed by atoms with Crippen molar-refractivity contribution in [1.82, 2.24) is 0 Å². The summed E-state index contributed by atoms with van der Waals surface area (Å²) in [6.07, 6.45) is -9.84. The van der Waals surface area contributed by atoms with Crippen LogP contribution in [0.15, 0.2) is 51.9 Å². The molecule has 2 aromatic carbocycles. The van der Waals surface area contributed by atoms with Crippen LogP contribution in [-0.4, -0.2) is 109 Å². The number of fused-ring (bicyclic) bond motifs is 1. The number of phenols is 2. The van der Waals surface area contributed by atoms with Crippen LogP contribution in [0.25, 0.3) is 22.1 Å². The van der Waals surface area contributed by atoms with Gasteiger partial charge < -0.3 is 64.2 Å². The van der Waals surface area contributed by atoms with Crippen LogP contribution >= 0.6 is 0 Å². The molecule has 0 spiro atoms. The Balaban J connectivity index is 1.33. The molecule has 8 N–H and O–H groups in total. The highest BCUT2D eigenvalue weighted by Crippen LogP contribution is 2.33. The third-order valence-corrected chi connectivity index (χ3v) is 6.93. The van der Waals surface area contributed by atoms with Crippen LogP contribution in [0.3, 0.4) is 0 Å². The molecule has 216 valence electrons. The van der Waals surface area contributed by atoms with Crippen LogP contribution in [0.2, 0.25) is 0 Å². The van der Waals surface area contributed by atoms with Gasteiger partial charge in [0.05, 0.1) is 25.4 Å². The molecule has 2 aliphatic heterocycles. The van der Waals surface area contributed by atoms with Crippen LogP contribution in [0.5, 0.6) is 17.2 Å². The van der Waals surface area contributed by atoms with Crippen LogP contribution in [0.1, 0.15) is 0 Å². The number of rotatable bonds is 7. The lowest BCUT2D eigenvalue weighted by molar-refractivity contribution is -0.289. The fourth-order valence-electron chi connectivity index (χ4n) is 4.53. The first kappa shape index (κ1) is 28.2. The Hall–Kier alpha value is -3.31. The van der Waals surface area contributed by atoms with E-state index in [1.165, 1.54) is 36.6 Å². The number of phenolic OH excluding ortho intramolecular Hbond substituents is 2. The third kappa shape index (κ3) is 5.12. The molecule has 0 bridgehead atoms. The van der Waals surface area contributed by atoms with E-state index in [0.29, 0.717) is 5.56 Å². The van der Waals surface area contributed by atoms with Gasteiger partial charge in [-0.25, -0.2) is 0 Å². The molecule has 2 saturated heterocycles. The molecule has 2 fully saturated rings. The maximum absolute atomic E-state index is 13.1. The third-order valence-electron chi connectivity index (χ3n) is 6.93. The standard InChI is InChI=1S/C26H28O14/c27-9-26(35)10-38-25(23(26)34)37-8-17-20(31)21(32)22(33)24(40-17)39-13-5-15(29)18-16(6-13)36-7-14(19(18)30)11-1-3-12(28)4-2-11/h1-7,17,20-25,27-29,31-35H,8-10H2/t17-,20-,21-,22-,23+,24-,25+,26-/m0/s1. The summed E-state index contributed by atoms with van der Waals surface area (Å²) in [5.41, 5.74) is -1.96. The average molecular weight is 564 g/mol. The average Bonchev–Trinajstić information content (AvgIpc) is 3.22. The maximum atomic E-state index is 13.1. The van der Waals surface area contributed by atoms with Gasteiger partial charge in [0.2, 0.25) is 11.7 Å². The van der Waals surface area contributed by atoms with Gasteiger partial charge in [-0.2, -0.15) is 0 Å². The molecular weight excluding hydrogens is 536 g/mol. The van der Waals surface area contributed by atoms with Crippen LogP contribution < -0.4 is 10.2 Å². The molecule has 3 aromatic rings. The SMILES string of the molecule is O=c1c(-c2ccc(O)cc2)coc2cc(O[C@H]3O[C@@H](CO[C@@H]4OC[C@@](O)(CO)[C@@H]4O)[C@H](O)[C@H](O)[C@@H]3O)cc(O)c12. The number of aromatic hydroxyl groups is 2. The molecule has 40 heavy (non-hydrogen) atoms. The summed E-state index contributed by atoms with van der Waals surface area (Å²) in [5, 5.41) is 80.6. The fourth-order valence-corrected chi connectivity index (χ4v) is 4.53. The van der Waals surface area contributed by atoms with E-state index in [4.69, 9.17) is 23.4 Å². The Labute approximate surface area is 225 Å². The van der Waals surface area contributed by atoms with Crippen molar-refractivity contribution in [3.05, 3.63) is 52.9 Å². The van der Waals surface area contributed by atoms with E-state index in [0.717, 1.165) is 6.07 Å². The summed E-state index contributed by atoms with van der Waals surface area (Å²) in [6, 6.07) is 8.15. The van der Waals surface area contributed by atoms with Crippen LogP contribution in [0.4, 0.5) is 0 Å². The lowest BCUT2D eigenvalue weighted by Crippen LogP contribution is -2.60. The molecular formula is C26H28O14. The molecule has 0 saturated carbocycles.